The van der Waals surface area contributed by atoms with Crippen molar-refractivity contribution in [1.29, 1.82) is 0 Å². The first kappa shape index (κ1) is 18.5. The third-order valence-electron chi connectivity index (χ3n) is 3.94. The van der Waals surface area contributed by atoms with Gasteiger partial charge >= 0.3 is 5.97 Å². The number of rotatable bonds is 8. The SMILES string of the molecule is C=CC(=O)NCCc1c(/C=C(\CC)C(=O)OCC)[nH]c2ccccc12. The summed E-state index contributed by atoms with van der Waals surface area (Å²) in [5.41, 5.74) is 3.55. The van der Waals surface area contributed by atoms with Crippen LogP contribution >= 0.6 is 0 Å². The van der Waals surface area contributed by atoms with Crippen molar-refractivity contribution in [3.8, 4) is 0 Å². The first-order chi connectivity index (χ1) is 12.1. The van der Waals surface area contributed by atoms with Crippen LogP contribution in [0.2, 0.25) is 0 Å². The number of aromatic amines is 1. The number of fused-ring (bicyclic) bond motifs is 1. The van der Waals surface area contributed by atoms with Gasteiger partial charge in [-0.05, 0) is 43.5 Å². The van der Waals surface area contributed by atoms with Gasteiger partial charge in [0, 0.05) is 28.7 Å². The van der Waals surface area contributed by atoms with Crippen LogP contribution in [0.1, 0.15) is 31.5 Å². The summed E-state index contributed by atoms with van der Waals surface area (Å²) in [5.74, 6) is -0.493. The van der Waals surface area contributed by atoms with E-state index in [9.17, 15) is 9.59 Å². The van der Waals surface area contributed by atoms with Crippen LogP contribution in [0.15, 0.2) is 42.5 Å². The van der Waals surface area contributed by atoms with Gasteiger partial charge in [0.05, 0.1) is 6.61 Å². The zero-order valence-corrected chi connectivity index (χ0v) is 14.7. The predicted molar refractivity (Wildman–Crippen MR) is 100 cm³/mol. The summed E-state index contributed by atoms with van der Waals surface area (Å²) in [7, 11) is 0. The summed E-state index contributed by atoms with van der Waals surface area (Å²) in [6, 6.07) is 7.96. The standard InChI is InChI=1S/C20H24N2O3/c1-4-14(20(24)25-6-3)13-18-16(11-12-21-19(23)5-2)15-9-7-8-10-17(15)22-18/h5,7-10,13,22H,2,4,6,11-12H2,1,3H3,(H,21,23)/b14-13+. The highest BCUT2D eigenvalue weighted by molar-refractivity contribution is 5.95. The van der Waals surface area contributed by atoms with E-state index in [1.165, 1.54) is 6.08 Å². The molecular formula is C20H24N2O3. The van der Waals surface area contributed by atoms with Gasteiger partial charge in [0.1, 0.15) is 0 Å². The number of carbonyl (C=O) groups is 2. The number of ether oxygens (including phenoxy) is 1. The summed E-state index contributed by atoms with van der Waals surface area (Å²) < 4.78 is 5.12. The van der Waals surface area contributed by atoms with Crippen molar-refractivity contribution in [2.75, 3.05) is 13.2 Å². The zero-order valence-electron chi connectivity index (χ0n) is 14.7. The molecule has 0 atom stereocenters. The van der Waals surface area contributed by atoms with Crippen LogP contribution in [0, 0.1) is 0 Å². The molecule has 2 aromatic rings. The molecule has 0 aliphatic rings. The second-order valence-electron chi connectivity index (χ2n) is 5.55. The fraction of sp³-hybridized carbons (Fsp3) is 0.300. The average molecular weight is 340 g/mol. The van der Waals surface area contributed by atoms with Gasteiger partial charge < -0.3 is 15.0 Å². The van der Waals surface area contributed by atoms with Crippen molar-refractivity contribution in [1.82, 2.24) is 10.3 Å². The number of hydrogen-bond donors (Lipinski definition) is 2. The summed E-state index contributed by atoms with van der Waals surface area (Å²) >= 11 is 0. The van der Waals surface area contributed by atoms with E-state index in [1.54, 1.807) is 6.92 Å². The van der Waals surface area contributed by atoms with Gasteiger partial charge in [-0.25, -0.2) is 4.79 Å². The number of benzene rings is 1. The van der Waals surface area contributed by atoms with E-state index in [1.807, 2.05) is 37.3 Å². The molecule has 0 spiro atoms. The van der Waals surface area contributed by atoms with Gasteiger partial charge in [0.25, 0.3) is 0 Å². The van der Waals surface area contributed by atoms with E-state index in [0.717, 1.165) is 22.2 Å². The minimum absolute atomic E-state index is 0.197. The molecule has 0 bridgehead atoms. The van der Waals surface area contributed by atoms with Crippen molar-refractivity contribution in [2.45, 2.75) is 26.7 Å². The molecule has 1 heterocycles. The summed E-state index contributed by atoms with van der Waals surface area (Å²) in [6.07, 6.45) is 4.34. The molecule has 132 valence electrons. The highest BCUT2D eigenvalue weighted by atomic mass is 16.5. The van der Waals surface area contributed by atoms with Crippen LogP contribution in [-0.2, 0) is 20.7 Å². The lowest BCUT2D eigenvalue weighted by atomic mass is 10.0. The number of nitrogens with one attached hydrogen (secondary N) is 2. The average Bonchev–Trinajstić information content (AvgIpc) is 2.97. The van der Waals surface area contributed by atoms with E-state index in [0.29, 0.717) is 31.6 Å². The quantitative estimate of drug-likeness (QED) is 0.572. The Labute approximate surface area is 147 Å². The van der Waals surface area contributed by atoms with E-state index >= 15 is 0 Å². The Balaban J connectivity index is 2.37. The molecular weight excluding hydrogens is 316 g/mol. The maximum Gasteiger partial charge on any atom is 0.334 e. The number of esters is 1. The number of para-hydroxylation sites is 1. The lowest BCUT2D eigenvalue weighted by Crippen LogP contribution is -2.23. The fourth-order valence-electron chi connectivity index (χ4n) is 2.70. The highest BCUT2D eigenvalue weighted by Crippen LogP contribution is 2.25. The molecule has 1 amide bonds. The molecule has 25 heavy (non-hydrogen) atoms. The smallest absolute Gasteiger partial charge is 0.334 e. The summed E-state index contributed by atoms with van der Waals surface area (Å²) in [5, 5.41) is 3.87. The van der Waals surface area contributed by atoms with Crippen molar-refractivity contribution in [3.05, 3.63) is 53.8 Å². The van der Waals surface area contributed by atoms with Crippen LogP contribution in [0.5, 0.6) is 0 Å². The molecule has 0 radical (unpaired) electrons. The maximum absolute atomic E-state index is 12.1. The summed E-state index contributed by atoms with van der Waals surface area (Å²) in [4.78, 5) is 26.8. The minimum atomic E-state index is -0.297. The molecule has 2 rings (SSSR count). The number of H-pyrrole nitrogens is 1. The summed E-state index contributed by atoms with van der Waals surface area (Å²) in [6.45, 7) is 8.02. The lowest BCUT2D eigenvalue weighted by Gasteiger charge is -2.06. The van der Waals surface area contributed by atoms with Crippen LogP contribution in [0.3, 0.4) is 0 Å². The monoisotopic (exact) mass is 340 g/mol. The first-order valence-electron chi connectivity index (χ1n) is 8.48. The number of carbonyl (C=O) groups excluding carboxylic acids is 2. The second-order valence-corrected chi connectivity index (χ2v) is 5.55. The Morgan fingerprint density at radius 2 is 2.04 bits per heavy atom. The molecule has 2 N–H and O–H groups in total. The normalized spacial score (nSPS) is 11.4. The van der Waals surface area contributed by atoms with E-state index in [2.05, 4.69) is 16.9 Å². The number of hydrogen-bond acceptors (Lipinski definition) is 3. The van der Waals surface area contributed by atoms with Gasteiger partial charge in [-0.1, -0.05) is 31.7 Å². The number of amides is 1. The van der Waals surface area contributed by atoms with E-state index in [-0.39, 0.29) is 11.9 Å². The molecule has 0 aliphatic heterocycles. The van der Waals surface area contributed by atoms with Gasteiger partial charge in [-0.2, -0.15) is 0 Å². The first-order valence-corrected chi connectivity index (χ1v) is 8.48. The zero-order chi connectivity index (χ0) is 18.2. The largest absolute Gasteiger partial charge is 0.463 e. The molecule has 0 fully saturated rings. The molecule has 1 aromatic carbocycles. The molecule has 1 aromatic heterocycles. The molecule has 0 aliphatic carbocycles. The molecule has 5 heteroatoms. The second kappa shape index (κ2) is 8.87. The van der Waals surface area contributed by atoms with Gasteiger partial charge in [-0.3, -0.25) is 4.79 Å². The van der Waals surface area contributed by atoms with Gasteiger partial charge in [-0.15, -0.1) is 0 Å². The Morgan fingerprint density at radius 1 is 1.28 bits per heavy atom. The van der Waals surface area contributed by atoms with Crippen LogP contribution in [0.4, 0.5) is 0 Å². The number of aromatic nitrogens is 1. The van der Waals surface area contributed by atoms with Crippen LogP contribution in [0.25, 0.3) is 17.0 Å². The lowest BCUT2D eigenvalue weighted by molar-refractivity contribution is -0.138. The third kappa shape index (κ3) is 4.59. The molecule has 0 saturated carbocycles. The molecule has 0 unspecified atom stereocenters. The van der Waals surface area contributed by atoms with Crippen molar-refractivity contribution in [2.24, 2.45) is 0 Å². The Morgan fingerprint density at radius 3 is 2.72 bits per heavy atom. The Kier molecular flexibility index (Phi) is 6.57. The Bertz CT molecular complexity index is 802. The minimum Gasteiger partial charge on any atom is -0.463 e. The van der Waals surface area contributed by atoms with Crippen molar-refractivity contribution < 1.29 is 14.3 Å². The highest BCUT2D eigenvalue weighted by Gasteiger charge is 2.14. The van der Waals surface area contributed by atoms with Gasteiger partial charge in [0.2, 0.25) is 5.91 Å². The third-order valence-corrected chi connectivity index (χ3v) is 3.94. The van der Waals surface area contributed by atoms with Crippen LogP contribution < -0.4 is 5.32 Å². The van der Waals surface area contributed by atoms with Gasteiger partial charge in [0.15, 0.2) is 0 Å². The van der Waals surface area contributed by atoms with Crippen molar-refractivity contribution in [3.63, 3.8) is 0 Å². The van der Waals surface area contributed by atoms with Crippen molar-refractivity contribution >= 4 is 28.9 Å². The van der Waals surface area contributed by atoms with Crippen LogP contribution in [-0.4, -0.2) is 30.0 Å². The maximum atomic E-state index is 12.1. The van der Waals surface area contributed by atoms with E-state index in [4.69, 9.17) is 4.74 Å². The molecule has 0 saturated heterocycles. The molecule has 5 nitrogen and oxygen atoms in total. The predicted octanol–water partition coefficient (Wildman–Crippen LogP) is 3.37. The topological polar surface area (TPSA) is 71.2 Å². The van der Waals surface area contributed by atoms with E-state index < -0.39 is 0 Å². The Hall–Kier alpha value is -2.82. The fourth-order valence-corrected chi connectivity index (χ4v) is 2.70.